The zero-order valence-electron chi connectivity index (χ0n) is 38.6. The average molecular weight is 865 g/mol. The Labute approximate surface area is 396 Å². The molecule has 3 atom stereocenters. The first kappa shape index (κ1) is 40.1. The van der Waals surface area contributed by atoms with Crippen molar-refractivity contribution < 1.29 is 0 Å². The molecule has 9 aromatic carbocycles. The van der Waals surface area contributed by atoms with Crippen molar-refractivity contribution in [2.45, 2.75) is 69.6 Å². The van der Waals surface area contributed by atoms with Crippen LogP contribution in [0.4, 0.5) is 34.1 Å². The highest BCUT2D eigenvalue weighted by Crippen LogP contribution is 2.66. The summed E-state index contributed by atoms with van der Waals surface area (Å²) in [7, 11) is 0. The van der Waals surface area contributed by atoms with Gasteiger partial charge in [0.25, 0.3) is 0 Å². The summed E-state index contributed by atoms with van der Waals surface area (Å²) in [5, 5.41) is 2.54. The van der Waals surface area contributed by atoms with Crippen LogP contribution in [0.25, 0.3) is 33.0 Å². The number of hydrogen-bond acceptors (Lipinski definition) is 2. The highest BCUT2D eigenvalue weighted by atomic mass is 15.2. The van der Waals surface area contributed by atoms with Gasteiger partial charge in [-0.15, -0.1) is 0 Å². The molecule has 1 spiro atoms. The van der Waals surface area contributed by atoms with Crippen molar-refractivity contribution >= 4 is 44.9 Å². The van der Waals surface area contributed by atoms with E-state index >= 15 is 0 Å². The Balaban J connectivity index is 1.02. The molecule has 2 heteroatoms. The summed E-state index contributed by atoms with van der Waals surface area (Å²) in [6.07, 6.45) is 8.56. The largest absolute Gasteiger partial charge is 0.310 e. The lowest BCUT2D eigenvalue weighted by Crippen LogP contribution is -2.40. The standard InChI is InChI=1S/C65H56N2/c1-64(2)58-29-15-14-28-56(58)57-39-38-55(43-59(57)64)67(53-26-10-5-11-27-53)61-31-17-21-49-42-51-23-7-3-6-22-50-41-48-20-16-30-60(62(48)65(50,51)63(49)61)66(52-24-8-4-9-25-52)54-36-34-45(35-37-54)47-33-32-44-18-12-13-19-46(44)40-47/h4-5,8-21,24-40,43,50-51H,3,6-7,22-23,41-42H2,1-2H3. The van der Waals surface area contributed by atoms with Gasteiger partial charge in [0.1, 0.15) is 0 Å². The SMILES string of the molecule is CC1(C)c2ccccc2-c2ccc(N(c3ccccc3)c3cccc4c3C35c6c(cccc6N(c6ccccc6)c6ccc(-c7ccc8ccccc8c7)cc6)CC3CCCCCC5C4)cc21. The summed E-state index contributed by atoms with van der Waals surface area (Å²) in [6.45, 7) is 4.81. The molecule has 67 heavy (non-hydrogen) atoms. The van der Waals surface area contributed by atoms with E-state index in [1.54, 1.807) is 11.1 Å². The smallest absolute Gasteiger partial charge is 0.0505 e. The van der Waals surface area contributed by atoms with Gasteiger partial charge in [-0.3, -0.25) is 0 Å². The van der Waals surface area contributed by atoms with Crippen LogP contribution in [0, 0.1) is 11.8 Å². The molecule has 0 aromatic heterocycles. The third kappa shape index (κ3) is 6.22. The molecule has 3 unspecified atom stereocenters. The minimum absolute atomic E-state index is 0.106. The van der Waals surface area contributed by atoms with Gasteiger partial charge in [0.2, 0.25) is 0 Å². The van der Waals surface area contributed by atoms with Gasteiger partial charge in [-0.05, 0) is 171 Å². The summed E-state index contributed by atoms with van der Waals surface area (Å²) in [5.74, 6) is 0.991. The van der Waals surface area contributed by atoms with E-state index in [-0.39, 0.29) is 10.8 Å². The predicted octanol–water partition coefficient (Wildman–Crippen LogP) is 17.3. The van der Waals surface area contributed by atoms with E-state index in [4.69, 9.17) is 0 Å². The van der Waals surface area contributed by atoms with Gasteiger partial charge >= 0.3 is 0 Å². The molecule has 0 saturated heterocycles. The Morgan fingerprint density at radius 1 is 0.388 bits per heavy atom. The fourth-order valence-electron chi connectivity index (χ4n) is 13.6. The third-order valence-corrected chi connectivity index (χ3v) is 16.5. The second kappa shape index (κ2) is 15.7. The van der Waals surface area contributed by atoms with Crippen molar-refractivity contribution in [3.05, 3.63) is 240 Å². The van der Waals surface area contributed by atoms with Crippen LogP contribution in [0.3, 0.4) is 0 Å². The lowest BCUT2D eigenvalue weighted by atomic mass is 9.60. The van der Waals surface area contributed by atoms with Crippen molar-refractivity contribution in [3.8, 4) is 22.3 Å². The second-order valence-corrected chi connectivity index (χ2v) is 20.3. The van der Waals surface area contributed by atoms with Crippen molar-refractivity contribution in [3.63, 3.8) is 0 Å². The number of hydrogen-bond donors (Lipinski definition) is 0. The minimum Gasteiger partial charge on any atom is -0.310 e. The second-order valence-electron chi connectivity index (χ2n) is 20.3. The summed E-state index contributed by atoms with van der Waals surface area (Å²) in [4.78, 5) is 5.22. The van der Waals surface area contributed by atoms with Gasteiger partial charge in [0.15, 0.2) is 0 Å². The van der Waals surface area contributed by atoms with Crippen LogP contribution in [0.2, 0.25) is 0 Å². The maximum Gasteiger partial charge on any atom is 0.0505 e. The monoisotopic (exact) mass is 864 g/mol. The molecule has 2 nitrogen and oxygen atoms in total. The summed E-state index contributed by atoms with van der Waals surface area (Å²) >= 11 is 0. The fourth-order valence-corrected chi connectivity index (χ4v) is 13.6. The van der Waals surface area contributed by atoms with Crippen molar-refractivity contribution in [1.82, 2.24) is 0 Å². The maximum atomic E-state index is 2.63. The van der Waals surface area contributed by atoms with E-state index in [0.29, 0.717) is 11.8 Å². The predicted molar refractivity (Wildman–Crippen MR) is 281 cm³/mol. The van der Waals surface area contributed by atoms with Crippen LogP contribution in [0.5, 0.6) is 0 Å². The molecule has 9 aromatic rings. The van der Waals surface area contributed by atoms with Crippen molar-refractivity contribution in [2.75, 3.05) is 9.80 Å². The zero-order valence-corrected chi connectivity index (χ0v) is 38.6. The molecule has 1 fully saturated rings. The molecule has 1 saturated carbocycles. The Bertz CT molecular complexity index is 3320. The van der Waals surface area contributed by atoms with Crippen LogP contribution in [0.1, 0.15) is 79.3 Å². The molecule has 4 aliphatic rings. The lowest BCUT2D eigenvalue weighted by molar-refractivity contribution is 0.205. The van der Waals surface area contributed by atoms with Gasteiger partial charge in [0.05, 0.1) is 11.4 Å². The molecule has 0 N–H and O–H groups in total. The summed E-state index contributed by atoms with van der Waals surface area (Å²) in [6, 6.07) is 78.2. The highest BCUT2D eigenvalue weighted by Gasteiger charge is 2.59. The molecule has 0 radical (unpaired) electrons. The average Bonchev–Trinajstić information content (AvgIpc) is 3.96. The Morgan fingerprint density at radius 3 is 1.57 bits per heavy atom. The summed E-state index contributed by atoms with van der Waals surface area (Å²) < 4.78 is 0. The molecular formula is C65H56N2. The molecule has 13 rings (SSSR count). The van der Waals surface area contributed by atoms with Gasteiger partial charge in [-0.1, -0.05) is 173 Å². The van der Waals surface area contributed by atoms with Crippen molar-refractivity contribution in [1.29, 1.82) is 0 Å². The molecule has 0 bridgehead atoms. The third-order valence-electron chi connectivity index (χ3n) is 16.5. The molecule has 0 aliphatic heterocycles. The van der Waals surface area contributed by atoms with Crippen LogP contribution < -0.4 is 9.80 Å². The molecule has 326 valence electrons. The quantitative estimate of drug-likeness (QED) is 0.157. The Hall–Kier alpha value is -7.16. The number of benzene rings is 9. The van der Waals surface area contributed by atoms with Gasteiger partial charge in [-0.2, -0.15) is 0 Å². The number of para-hydroxylation sites is 2. The van der Waals surface area contributed by atoms with Crippen LogP contribution in [0.15, 0.2) is 206 Å². The van der Waals surface area contributed by atoms with Gasteiger partial charge in [-0.25, -0.2) is 0 Å². The van der Waals surface area contributed by atoms with E-state index in [2.05, 4.69) is 230 Å². The number of rotatable bonds is 7. The van der Waals surface area contributed by atoms with E-state index in [0.717, 1.165) is 12.8 Å². The molecule has 0 heterocycles. The van der Waals surface area contributed by atoms with E-state index in [1.807, 2.05) is 0 Å². The minimum atomic E-state index is -0.171. The Morgan fingerprint density at radius 2 is 0.910 bits per heavy atom. The normalized spacial score (nSPS) is 19.6. The van der Waals surface area contributed by atoms with E-state index in [1.165, 1.54) is 122 Å². The van der Waals surface area contributed by atoms with Crippen LogP contribution in [-0.4, -0.2) is 0 Å². The van der Waals surface area contributed by atoms with E-state index < -0.39 is 0 Å². The number of fused-ring (bicyclic) bond motifs is 6. The lowest BCUT2D eigenvalue weighted by Gasteiger charge is -2.45. The first-order valence-electron chi connectivity index (χ1n) is 24.8. The number of nitrogens with zero attached hydrogens (tertiary/aromatic N) is 2. The topological polar surface area (TPSA) is 6.48 Å². The zero-order chi connectivity index (χ0) is 44.7. The first-order valence-corrected chi connectivity index (χ1v) is 24.8. The number of anilines is 6. The summed E-state index contributed by atoms with van der Waals surface area (Å²) in [5.41, 5.74) is 21.3. The fraction of sp³-hybridized carbons (Fsp3) is 0.200. The molecule has 4 aliphatic carbocycles. The van der Waals surface area contributed by atoms with Crippen LogP contribution >= 0.6 is 0 Å². The highest BCUT2D eigenvalue weighted by molar-refractivity contribution is 5.91. The van der Waals surface area contributed by atoms with Crippen LogP contribution in [-0.2, 0) is 23.7 Å². The first-order chi connectivity index (χ1) is 33.0. The maximum absolute atomic E-state index is 2.63. The van der Waals surface area contributed by atoms with E-state index in [9.17, 15) is 0 Å². The van der Waals surface area contributed by atoms with Crippen molar-refractivity contribution in [2.24, 2.45) is 11.8 Å². The van der Waals surface area contributed by atoms with Gasteiger partial charge in [0, 0.05) is 33.6 Å². The Kier molecular flexibility index (Phi) is 9.43. The molecule has 0 amide bonds. The molecular weight excluding hydrogens is 809 g/mol. The van der Waals surface area contributed by atoms with Gasteiger partial charge < -0.3 is 9.80 Å².